The topological polar surface area (TPSA) is 50.7 Å². The van der Waals surface area contributed by atoms with Gasteiger partial charge in [0.1, 0.15) is 11.3 Å². The summed E-state index contributed by atoms with van der Waals surface area (Å²) in [5, 5.41) is 8.77. The molecular weight excluding hydrogens is 348 g/mol. The molecule has 1 aliphatic rings. The maximum Gasteiger partial charge on any atom is 0.328 e. The number of nitriles is 1. The second kappa shape index (κ2) is 6.99. The summed E-state index contributed by atoms with van der Waals surface area (Å²) in [5.74, 6) is -1.33. The van der Waals surface area contributed by atoms with Crippen molar-refractivity contribution in [3.63, 3.8) is 0 Å². The van der Waals surface area contributed by atoms with Crippen LogP contribution in [-0.4, -0.2) is 9.13 Å². The molecule has 27 heavy (non-hydrogen) atoms. The number of hydrogen-bond acceptors (Lipinski definition) is 2. The van der Waals surface area contributed by atoms with E-state index in [0.29, 0.717) is 12.1 Å². The lowest BCUT2D eigenvalue weighted by Crippen LogP contribution is -2.25. The maximum absolute atomic E-state index is 15.3. The summed E-state index contributed by atoms with van der Waals surface area (Å²) >= 11 is 0. The molecule has 6 heteroatoms. The molecule has 0 unspecified atom stereocenters. The Balaban J connectivity index is 2.25. The number of rotatable bonds is 5. The molecule has 0 bridgehead atoms. The number of benzene rings is 1. The van der Waals surface area contributed by atoms with E-state index in [0.717, 1.165) is 18.9 Å². The fraction of sp³-hybridized carbons (Fsp3) is 0.333. The summed E-state index contributed by atoms with van der Waals surface area (Å²) in [7, 11) is 1.51. The molecule has 0 N–H and O–H groups in total. The molecule has 1 aromatic carbocycles. The highest BCUT2D eigenvalue weighted by atomic mass is 19.1. The lowest BCUT2D eigenvalue weighted by Gasteiger charge is -2.10. The minimum absolute atomic E-state index is 0.00924. The van der Waals surface area contributed by atoms with Crippen LogP contribution in [0.25, 0.3) is 16.6 Å². The maximum atomic E-state index is 15.3. The minimum atomic E-state index is -0.677. The minimum Gasteiger partial charge on any atom is -0.292 e. The molecule has 1 heterocycles. The van der Waals surface area contributed by atoms with Gasteiger partial charge in [0.2, 0.25) is 0 Å². The molecular formula is C21H21F2N3O. The monoisotopic (exact) mass is 369 g/mol. The first-order valence-corrected chi connectivity index (χ1v) is 8.79. The first kappa shape index (κ1) is 18.8. The van der Waals surface area contributed by atoms with E-state index in [1.54, 1.807) is 23.6 Å². The Morgan fingerprint density at radius 1 is 1.37 bits per heavy atom. The summed E-state index contributed by atoms with van der Waals surface area (Å²) in [6.45, 7) is 4.28. The number of imidazole rings is 1. The van der Waals surface area contributed by atoms with Gasteiger partial charge in [0.05, 0.1) is 11.6 Å². The van der Waals surface area contributed by atoms with Gasteiger partial charge < -0.3 is 0 Å². The number of aromatic nitrogens is 2. The van der Waals surface area contributed by atoms with Gasteiger partial charge >= 0.3 is 5.69 Å². The van der Waals surface area contributed by atoms with Gasteiger partial charge in [0.15, 0.2) is 5.82 Å². The van der Waals surface area contributed by atoms with E-state index in [1.165, 1.54) is 35.9 Å². The van der Waals surface area contributed by atoms with Gasteiger partial charge in [-0.25, -0.2) is 13.6 Å². The van der Waals surface area contributed by atoms with Crippen molar-refractivity contribution in [1.82, 2.24) is 9.13 Å². The van der Waals surface area contributed by atoms with Crippen molar-refractivity contribution in [3.8, 4) is 6.07 Å². The van der Waals surface area contributed by atoms with E-state index in [-0.39, 0.29) is 27.8 Å². The molecule has 2 aromatic rings. The Morgan fingerprint density at radius 3 is 2.67 bits per heavy atom. The van der Waals surface area contributed by atoms with Crippen LogP contribution >= 0.6 is 0 Å². The Bertz CT molecular complexity index is 1090. The van der Waals surface area contributed by atoms with Crippen molar-refractivity contribution in [2.45, 2.75) is 33.2 Å². The third-order valence-corrected chi connectivity index (χ3v) is 5.07. The predicted molar refractivity (Wildman–Crippen MR) is 102 cm³/mol. The van der Waals surface area contributed by atoms with Crippen LogP contribution < -0.4 is 5.69 Å². The third-order valence-electron chi connectivity index (χ3n) is 5.07. The lowest BCUT2D eigenvalue weighted by molar-refractivity contribution is 0.460. The van der Waals surface area contributed by atoms with Crippen molar-refractivity contribution in [1.29, 1.82) is 5.26 Å². The average molecular weight is 369 g/mol. The van der Waals surface area contributed by atoms with Crippen molar-refractivity contribution < 1.29 is 8.78 Å². The van der Waals surface area contributed by atoms with Crippen LogP contribution in [-0.2, 0) is 13.6 Å². The van der Waals surface area contributed by atoms with Crippen molar-refractivity contribution in [3.05, 3.63) is 64.1 Å². The molecule has 0 saturated heterocycles. The molecule has 140 valence electrons. The molecule has 3 rings (SSSR count). The van der Waals surface area contributed by atoms with E-state index in [9.17, 15) is 9.18 Å². The van der Waals surface area contributed by atoms with E-state index in [1.807, 2.05) is 0 Å². The van der Waals surface area contributed by atoms with E-state index < -0.39 is 11.6 Å². The van der Waals surface area contributed by atoms with Gasteiger partial charge in [-0.05, 0) is 49.5 Å². The van der Waals surface area contributed by atoms with Gasteiger partial charge in [-0.15, -0.1) is 0 Å². The smallest absolute Gasteiger partial charge is 0.292 e. The molecule has 1 aromatic heterocycles. The Labute approximate surface area is 156 Å². The van der Waals surface area contributed by atoms with Gasteiger partial charge in [-0.2, -0.15) is 5.26 Å². The van der Waals surface area contributed by atoms with Crippen LogP contribution in [0.3, 0.4) is 0 Å². The van der Waals surface area contributed by atoms with Gasteiger partial charge in [0, 0.05) is 30.8 Å². The van der Waals surface area contributed by atoms with Crippen LogP contribution in [0, 0.1) is 22.6 Å². The number of aryl methyl sites for hydroxylation is 1. The number of allylic oxidation sites excluding steroid dienone is 6. The summed E-state index contributed by atoms with van der Waals surface area (Å²) < 4.78 is 32.7. The predicted octanol–water partition coefficient (Wildman–Crippen LogP) is 4.62. The highest BCUT2D eigenvalue weighted by molar-refractivity contribution is 5.86. The second-order valence-electron chi connectivity index (χ2n) is 7.26. The SMILES string of the molecule is C\C=C/C(F)=C(\C=C\C#N)c1ccc2c(c1F)n(C)c(=O)n2CC1(C)CC1. The van der Waals surface area contributed by atoms with E-state index >= 15 is 4.39 Å². The Kier molecular flexibility index (Phi) is 4.88. The van der Waals surface area contributed by atoms with Gasteiger partial charge in [-0.3, -0.25) is 9.13 Å². The molecule has 0 atom stereocenters. The van der Waals surface area contributed by atoms with Crippen LogP contribution in [0.5, 0.6) is 0 Å². The molecule has 0 radical (unpaired) electrons. The van der Waals surface area contributed by atoms with Gasteiger partial charge in [-0.1, -0.05) is 13.0 Å². The van der Waals surface area contributed by atoms with Crippen LogP contribution in [0.1, 0.15) is 32.3 Å². The largest absolute Gasteiger partial charge is 0.328 e. The zero-order valence-corrected chi connectivity index (χ0v) is 15.6. The summed E-state index contributed by atoms with van der Waals surface area (Å²) in [6.07, 6.45) is 7.11. The zero-order valence-electron chi connectivity index (χ0n) is 15.6. The van der Waals surface area contributed by atoms with Crippen LogP contribution in [0.15, 0.2) is 47.1 Å². The normalized spacial score (nSPS) is 16.9. The van der Waals surface area contributed by atoms with E-state index in [4.69, 9.17) is 5.26 Å². The quantitative estimate of drug-likeness (QED) is 0.571. The number of halogens is 2. The first-order valence-electron chi connectivity index (χ1n) is 8.79. The molecule has 1 saturated carbocycles. The molecule has 1 fully saturated rings. The molecule has 0 amide bonds. The van der Waals surface area contributed by atoms with Crippen LogP contribution in [0.2, 0.25) is 0 Å². The highest BCUT2D eigenvalue weighted by Crippen LogP contribution is 2.46. The number of fused-ring (bicyclic) bond motifs is 1. The summed E-state index contributed by atoms with van der Waals surface area (Å²) in [4.78, 5) is 12.6. The number of nitrogens with zero attached hydrogens (tertiary/aromatic N) is 3. The second-order valence-corrected chi connectivity index (χ2v) is 7.26. The summed E-state index contributed by atoms with van der Waals surface area (Å²) in [6, 6.07) is 4.90. The van der Waals surface area contributed by atoms with Gasteiger partial charge in [0.25, 0.3) is 0 Å². The Morgan fingerprint density at radius 2 is 2.07 bits per heavy atom. The highest BCUT2D eigenvalue weighted by Gasteiger charge is 2.38. The molecule has 1 aliphatic carbocycles. The van der Waals surface area contributed by atoms with E-state index in [2.05, 4.69) is 6.92 Å². The fourth-order valence-electron chi connectivity index (χ4n) is 3.24. The first-order chi connectivity index (χ1) is 12.8. The lowest BCUT2D eigenvalue weighted by atomic mass is 10.0. The van der Waals surface area contributed by atoms with Crippen molar-refractivity contribution >= 4 is 16.6 Å². The number of hydrogen-bond donors (Lipinski definition) is 0. The zero-order chi connectivity index (χ0) is 19.8. The summed E-state index contributed by atoms with van der Waals surface area (Å²) in [5.41, 5.74) is 0.385. The average Bonchev–Trinajstić information content (AvgIpc) is 3.32. The fourth-order valence-corrected chi connectivity index (χ4v) is 3.24. The standard InChI is InChI=1S/C21H21F2N3O/c1-4-6-16(22)14(7-5-12-24)15-8-9-17-19(18(15)23)25(3)20(27)26(17)13-21(2)10-11-21/h4-9H,10-11,13H2,1-3H3/b6-4-,7-5+,16-14-. The van der Waals surface area contributed by atoms with Crippen molar-refractivity contribution in [2.75, 3.05) is 0 Å². The van der Waals surface area contributed by atoms with Crippen LogP contribution in [0.4, 0.5) is 8.78 Å². The molecule has 0 spiro atoms. The third kappa shape index (κ3) is 3.37. The Hall–Kier alpha value is -2.94. The molecule has 4 nitrogen and oxygen atoms in total. The van der Waals surface area contributed by atoms with Crippen molar-refractivity contribution in [2.24, 2.45) is 12.5 Å². The molecule has 0 aliphatic heterocycles.